The van der Waals surface area contributed by atoms with Gasteiger partial charge in [0.2, 0.25) is 5.91 Å². The second kappa shape index (κ2) is 5.18. The van der Waals surface area contributed by atoms with Crippen LogP contribution in [0.1, 0.15) is 12.0 Å². The maximum absolute atomic E-state index is 14.4. The van der Waals surface area contributed by atoms with E-state index in [1.165, 1.54) is 11.9 Å². The summed E-state index contributed by atoms with van der Waals surface area (Å²) in [6.45, 7) is 0.339. The molecule has 1 aromatic carbocycles. The first kappa shape index (κ1) is 15.7. The number of hydrogen-bond donors (Lipinski definition) is 0. The molecule has 1 spiro atoms. The number of likely N-dealkylation sites (tertiary alicyclic amines) is 2. The number of piperidine rings is 1. The number of amides is 2. The molecule has 2 heterocycles. The largest absolute Gasteiger partial charge is 0.497 e. The number of halogens is 2. The van der Waals surface area contributed by atoms with Gasteiger partial charge in [-0.2, -0.15) is 8.78 Å². The molecule has 7 heteroatoms. The maximum atomic E-state index is 14.4. The van der Waals surface area contributed by atoms with Gasteiger partial charge in [0.1, 0.15) is 11.2 Å². The Morgan fingerprint density at radius 3 is 2.39 bits per heavy atom. The highest BCUT2D eigenvalue weighted by Crippen LogP contribution is 2.51. The number of nitrogens with zero attached hydrogens (tertiary/aromatic N) is 2. The Kier molecular flexibility index (Phi) is 3.54. The van der Waals surface area contributed by atoms with Gasteiger partial charge in [-0.15, -0.1) is 0 Å². The van der Waals surface area contributed by atoms with Crippen molar-refractivity contribution in [2.75, 3.05) is 27.2 Å². The van der Waals surface area contributed by atoms with Gasteiger partial charge in [0.15, 0.2) is 0 Å². The first-order valence-corrected chi connectivity index (χ1v) is 7.37. The second-order valence-corrected chi connectivity index (χ2v) is 6.14. The van der Waals surface area contributed by atoms with Crippen molar-refractivity contribution in [1.29, 1.82) is 0 Å². The average molecular weight is 324 g/mol. The molecule has 2 saturated heterocycles. The molecule has 23 heavy (non-hydrogen) atoms. The number of carbonyl (C=O) groups is 2. The minimum atomic E-state index is -3.63. The summed E-state index contributed by atoms with van der Waals surface area (Å²) in [4.78, 5) is 26.5. The van der Waals surface area contributed by atoms with Crippen LogP contribution in [0.5, 0.6) is 5.75 Å². The predicted octanol–water partition coefficient (Wildman–Crippen LogP) is 1.52. The maximum Gasteiger partial charge on any atom is 0.340 e. The van der Waals surface area contributed by atoms with E-state index in [0.717, 1.165) is 10.5 Å². The molecule has 0 saturated carbocycles. The summed E-state index contributed by atoms with van der Waals surface area (Å²) < 4.78 is 33.8. The highest BCUT2D eigenvalue weighted by Gasteiger charge is 2.72. The van der Waals surface area contributed by atoms with E-state index in [1.54, 1.807) is 31.4 Å². The van der Waals surface area contributed by atoms with Crippen LogP contribution in [0.4, 0.5) is 8.78 Å². The molecule has 0 aliphatic carbocycles. The van der Waals surface area contributed by atoms with Crippen molar-refractivity contribution in [2.45, 2.75) is 18.9 Å². The van der Waals surface area contributed by atoms with E-state index in [-0.39, 0.29) is 26.1 Å². The molecule has 2 amide bonds. The molecule has 1 aromatic rings. The third-order valence-corrected chi connectivity index (χ3v) is 4.78. The summed E-state index contributed by atoms with van der Waals surface area (Å²) in [6, 6.07) is 7.08. The summed E-state index contributed by atoms with van der Waals surface area (Å²) >= 11 is 0. The van der Waals surface area contributed by atoms with Gasteiger partial charge in [0.25, 0.3) is 5.91 Å². The van der Waals surface area contributed by atoms with Crippen molar-refractivity contribution in [3.05, 3.63) is 29.8 Å². The highest BCUT2D eigenvalue weighted by molar-refractivity contribution is 5.99. The second-order valence-electron chi connectivity index (χ2n) is 6.14. The quantitative estimate of drug-likeness (QED) is 0.792. The first-order chi connectivity index (χ1) is 10.8. The molecule has 2 aliphatic rings. The van der Waals surface area contributed by atoms with Crippen molar-refractivity contribution >= 4 is 11.8 Å². The molecule has 0 aromatic heterocycles. The number of ether oxygens (including phenoxy) is 1. The average Bonchev–Trinajstić information content (AvgIpc) is 2.55. The molecule has 1 atom stereocenters. The van der Waals surface area contributed by atoms with Crippen LogP contribution in [0.15, 0.2) is 24.3 Å². The minimum absolute atomic E-state index is 0.000184. The number of alkyl halides is 2. The molecule has 0 radical (unpaired) electrons. The molecular weight excluding hydrogens is 306 g/mol. The summed E-state index contributed by atoms with van der Waals surface area (Å²) in [6.07, 6.45) is 0.000184. The Bertz CT molecular complexity index is 647. The van der Waals surface area contributed by atoms with Gasteiger partial charge in [0.05, 0.1) is 7.11 Å². The van der Waals surface area contributed by atoms with Crippen LogP contribution in [0.2, 0.25) is 0 Å². The standard InChI is InChI=1S/C16H18F2N2O3/c1-19-8-7-15(16(17,18)14(19)22)10-20(13(15)21)9-11-3-5-12(23-2)6-4-11/h3-6H,7-10H2,1-2H3. The van der Waals surface area contributed by atoms with Crippen LogP contribution in [-0.4, -0.2) is 54.8 Å². The van der Waals surface area contributed by atoms with Gasteiger partial charge in [-0.05, 0) is 24.1 Å². The SMILES string of the molecule is COc1ccc(CN2CC3(CCN(C)C(=O)C3(F)F)C2=O)cc1. The number of benzene rings is 1. The molecule has 2 aliphatic heterocycles. The molecule has 124 valence electrons. The van der Waals surface area contributed by atoms with Crippen LogP contribution in [0.25, 0.3) is 0 Å². The van der Waals surface area contributed by atoms with E-state index < -0.39 is 23.2 Å². The number of methoxy groups -OCH3 is 1. The van der Waals surface area contributed by atoms with E-state index in [9.17, 15) is 18.4 Å². The molecule has 2 fully saturated rings. The fourth-order valence-corrected chi connectivity index (χ4v) is 3.24. The Labute approximate surface area is 132 Å². The number of rotatable bonds is 3. The number of carbonyl (C=O) groups excluding carboxylic acids is 2. The van der Waals surface area contributed by atoms with Gasteiger partial charge in [0, 0.05) is 26.7 Å². The Hall–Kier alpha value is -2.18. The van der Waals surface area contributed by atoms with Crippen LogP contribution < -0.4 is 4.74 Å². The van der Waals surface area contributed by atoms with Crippen molar-refractivity contribution in [1.82, 2.24) is 9.80 Å². The van der Waals surface area contributed by atoms with E-state index in [0.29, 0.717) is 5.75 Å². The number of hydrogen-bond acceptors (Lipinski definition) is 3. The molecular formula is C16H18F2N2O3. The third-order valence-electron chi connectivity index (χ3n) is 4.78. The third kappa shape index (κ3) is 2.17. The topological polar surface area (TPSA) is 49.9 Å². The molecule has 3 rings (SSSR count). The number of β-lactam (4-membered cyclic amide) rings is 1. The first-order valence-electron chi connectivity index (χ1n) is 7.37. The lowest BCUT2D eigenvalue weighted by molar-refractivity contribution is -0.223. The van der Waals surface area contributed by atoms with Gasteiger partial charge in [-0.3, -0.25) is 9.59 Å². The van der Waals surface area contributed by atoms with Crippen molar-refractivity contribution in [2.24, 2.45) is 5.41 Å². The highest BCUT2D eigenvalue weighted by atomic mass is 19.3. The lowest BCUT2D eigenvalue weighted by Crippen LogP contribution is -2.74. The van der Waals surface area contributed by atoms with Gasteiger partial charge in [-0.25, -0.2) is 0 Å². The smallest absolute Gasteiger partial charge is 0.340 e. The van der Waals surface area contributed by atoms with E-state index in [4.69, 9.17) is 4.74 Å². The zero-order chi connectivity index (χ0) is 16.8. The lowest BCUT2D eigenvalue weighted by Gasteiger charge is -2.54. The Morgan fingerprint density at radius 2 is 1.83 bits per heavy atom. The predicted molar refractivity (Wildman–Crippen MR) is 78.0 cm³/mol. The molecule has 1 unspecified atom stereocenters. The van der Waals surface area contributed by atoms with Crippen molar-refractivity contribution < 1.29 is 23.1 Å². The fourth-order valence-electron chi connectivity index (χ4n) is 3.24. The monoisotopic (exact) mass is 324 g/mol. The van der Waals surface area contributed by atoms with E-state index in [2.05, 4.69) is 0 Å². The summed E-state index contributed by atoms with van der Waals surface area (Å²) in [7, 11) is 2.89. The van der Waals surface area contributed by atoms with Gasteiger partial charge in [-0.1, -0.05) is 12.1 Å². The lowest BCUT2D eigenvalue weighted by atomic mass is 9.68. The van der Waals surface area contributed by atoms with Crippen LogP contribution in [-0.2, 0) is 16.1 Å². The summed E-state index contributed by atoms with van der Waals surface area (Å²) in [5.41, 5.74) is -1.03. The van der Waals surface area contributed by atoms with Crippen molar-refractivity contribution in [3.63, 3.8) is 0 Å². The Balaban J connectivity index is 1.73. The van der Waals surface area contributed by atoms with Crippen LogP contribution >= 0.6 is 0 Å². The molecule has 5 nitrogen and oxygen atoms in total. The summed E-state index contributed by atoms with van der Waals surface area (Å²) in [5, 5.41) is 0. The van der Waals surface area contributed by atoms with E-state index in [1.807, 2.05) is 0 Å². The fraction of sp³-hybridized carbons (Fsp3) is 0.500. The van der Waals surface area contributed by atoms with Gasteiger partial charge < -0.3 is 14.5 Å². The summed E-state index contributed by atoms with van der Waals surface area (Å²) in [5.74, 6) is -4.85. The van der Waals surface area contributed by atoms with Crippen LogP contribution in [0, 0.1) is 5.41 Å². The Morgan fingerprint density at radius 1 is 1.17 bits per heavy atom. The minimum Gasteiger partial charge on any atom is -0.497 e. The zero-order valence-electron chi connectivity index (χ0n) is 13.0. The van der Waals surface area contributed by atoms with Crippen molar-refractivity contribution in [3.8, 4) is 5.75 Å². The van der Waals surface area contributed by atoms with Gasteiger partial charge >= 0.3 is 5.92 Å². The molecule has 0 bridgehead atoms. The zero-order valence-corrected chi connectivity index (χ0v) is 13.0. The van der Waals surface area contributed by atoms with E-state index >= 15 is 0 Å². The normalized spacial score (nSPS) is 26.4. The molecule has 0 N–H and O–H groups in total. The van der Waals surface area contributed by atoms with Crippen LogP contribution in [0.3, 0.4) is 0 Å².